The van der Waals surface area contributed by atoms with E-state index in [-0.39, 0.29) is 0 Å². The summed E-state index contributed by atoms with van der Waals surface area (Å²) in [5.74, 6) is 2.21. The lowest BCUT2D eigenvalue weighted by atomic mass is 9.84. The number of rotatable bonds is 1. The lowest BCUT2D eigenvalue weighted by Crippen LogP contribution is -2.53. The van der Waals surface area contributed by atoms with Crippen LogP contribution in [0.25, 0.3) is 0 Å². The van der Waals surface area contributed by atoms with Crippen molar-refractivity contribution in [2.75, 3.05) is 37.3 Å². The number of likely N-dealkylation sites (tertiary alicyclic amines) is 1. The van der Waals surface area contributed by atoms with Gasteiger partial charge in [-0.2, -0.15) is 0 Å². The van der Waals surface area contributed by atoms with Crippen LogP contribution >= 0.6 is 15.9 Å². The Labute approximate surface area is 122 Å². The Morgan fingerprint density at radius 2 is 2.16 bits per heavy atom. The first-order valence-corrected chi connectivity index (χ1v) is 7.67. The molecule has 0 spiro atoms. The molecule has 2 fully saturated rings. The van der Waals surface area contributed by atoms with Crippen LogP contribution in [0.1, 0.15) is 19.3 Å². The van der Waals surface area contributed by atoms with E-state index in [1.165, 1.54) is 25.8 Å². The van der Waals surface area contributed by atoms with Gasteiger partial charge in [-0.1, -0.05) is 0 Å². The second kappa shape index (κ2) is 5.25. The summed E-state index contributed by atoms with van der Waals surface area (Å²) in [6.45, 7) is 3.36. The zero-order chi connectivity index (χ0) is 13.4. The van der Waals surface area contributed by atoms with Crippen molar-refractivity contribution < 1.29 is 0 Å². The van der Waals surface area contributed by atoms with Crippen molar-refractivity contribution in [1.82, 2.24) is 14.9 Å². The molecule has 2 N–H and O–H groups in total. The van der Waals surface area contributed by atoms with Gasteiger partial charge in [-0.15, -0.1) is 0 Å². The smallest absolute Gasteiger partial charge is 0.148 e. The number of halogens is 1. The summed E-state index contributed by atoms with van der Waals surface area (Å²) >= 11 is 3.51. The van der Waals surface area contributed by atoms with Gasteiger partial charge in [0.15, 0.2) is 0 Å². The molecule has 1 aromatic rings. The molecule has 0 bridgehead atoms. The molecule has 0 aromatic carbocycles. The first kappa shape index (κ1) is 13.1. The van der Waals surface area contributed by atoms with E-state index in [4.69, 9.17) is 5.73 Å². The van der Waals surface area contributed by atoms with Gasteiger partial charge in [0.05, 0.1) is 0 Å². The number of hydrogen-bond donors (Lipinski definition) is 1. The summed E-state index contributed by atoms with van der Waals surface area (Å²) in [7, 11) is 2.26. The molecule has 3 rings (SSSR count). The molecule has 2 saturated heterocycles. The Balaban J connectivity index is 1.79. The van der Waals surface area contributed by atoms with Crippen molar-refractivity contribution in [3.05, 3.63) is 10.8 Å². The molecule has 3 heterocycles. The number of aromatic nitrogens is 2. The van der Waals surface area contributed by atoms with Gasteiger partial charge in [0.1, 0.15) is 22.4 Å². The minimum absolute atomic E-state index is 0.521. The van der Waals surface area contributed by atoms with Crippen LogP contribution in [-0.2, 0) is 0 Å². The van der Waals surface area contributed by atoms with Crippen LogP contribution in [0.3, 0.4) is 0 Å². The molecule has 0 amide bonds. The molecular weight excluding hydrogens is 306 g/mol. The van der Waals surface area contributed by atoms with E-state index in [0.29, 0.717) is 5.82 Å². The molecule has 5 nitrogen and oxygen atoms in total. The SMILES string of the molecule is CN1CCCC2CN(c3ncnc(N)c3Br)CCC21. The molecule has 2 atom stereocenters. The first-order valence-electron chi connectivity index (χ1n) is 6.88. The largest absolute Gasteiger partial charge is 0.383 e. The van der Waals surface area contributed by atoms with Gasteiger partial charge in [0, 0.05) is 19.1 Å². The van der Waals surface area contributed by atoms with Crippen LogP contribution in [-0.4, -0.2) is 47.6 Å². The summed E-state index contributed by atoms with van der Waals surface area (Å²) in [5.41, 5.74) is 5.85. The minimum Gasteiger partial charge on any atom is -0.383 e. The Hall–Kier alpha value is -0.880. The van der Waals surface area contributed by atoms with Crippen LogP contribution in [0.5, 0.6) is 0 Å². The monoisotopic (exact) mass is 325 g/mol. The summed E-state index contributed by atoms with van der Waals surface area (Å²) in [6, 6.07) is 0.739. The molecule has 0 radical (unpaired) electrons. The quantitative estimate of drug-likeness (QED) is 0.852. The standard InChI is InChI=1S/C13H20BrN5/c1-18-5-2-3-9-7-19(6-4-10(9)18)13-11(14)12(15)16-8-17-13/h8-10H,2-7H2,1H3,(H2,15,16,17). The van der Waals surface area contributed by atoms with E-state index >= 15 is 0 Å². The molecule has 104 valence electrons. The third-order valence-corrected chi connectivity index (χ3v) is 5.20. The maximum Gasteiger partial charge on any atom is 0.148 e. The number of anilines is 2. The van der Waals surface area contributed by atoms with Crippen LogP contribution in [0.15, 0.2) is 10.8 Å². The third-order valence-electron chi connectivity index (χ3n) is 4.44. The number of hydrogen-bond acceptors (Lipinski definition) is 5. The summed E-state index contributed by atoms with van der Waals surface area (Å²) in [5, 5.41) is 0. The molecule has 0 saturated carbocycles. The molecule has 0 aliphatic carbocycles. The van der Waals surface area contributed by atoms with E-state index in [2.05, 4.69) is 42.7 Å². The van der Waals surface area contributed by atoms with Gasteiger partial charge in [-0.05, 0) is 54.7 Å². The van der Waals surface area contributed by atoms with E-state index in [1.54, 1.807) is 6.33 Å². The average Bonchev–Trinajstić information content (AvgIpc) is 2.42. The lowest BCUT2D eigenvalue weighted by molar-refractivity contribution is 0.102. The van der Waals surface area contributed by atoms with Crippen molar-refractivity contribution in [2.24, 2.45) is 5.92 Å². The van der Waals surface area contributed by atoms with Crippen molar-refractivity contribution >= 4 is 27.6 Å². The van der Waals surface area contributed by atoms with Gasteiger partial charge in [0.2, 0.25) is 0 Å². The highest BCUT2D eigenvalue weighted by Crippen LogP contribution is 2.34. The van der Waals surface area contributed by atoms with Crippen LogP contribution < -0.4 is 10.6 Å². The fourth-order valence-corrected chi connectivity index (χ4v) is 3.89. The van der Waals surface area contributed by atoms with Gasteiger partial charge in [-0.3, -0.25) is 0 Å². The lowest BCUT2D eigenvalue weighted by Gasteiger charge is -2.46. The molecule has 2 unspecified atom stereocenters. The number of nitrogens with two attached hydrogens (primary N) is 1. The van der Waals surface area contributed by atoms with Crippen molar-refractivity contribution in [3.8, 4) is 0 Å². The number of nitrogen functional groups attached to an aromatic ring is 1. The fraction of sp³-hybridized carbons (Fsp3) is 0.692. The summed E-state index contributed by atoms with van der Waals surface area (Å²) in [6.07, 6.45) is 5.38. The van der Waals surface area contributed by atoms with Gasteiger partial charge >= 0.3 is 0 Å². The highest BCUT2D eigenvalue weighted by atomic mass is 79.9. The first-order chi connectivity index (χ1) is 9.16. The van der Waals surface area contributed by atoms with Crippen LogP contribution in [0, 0.1) is 5.92 Å². The van der Waals surface area contributed by atoms with Crippen molar-refractivity contribution in [2.45, 2.75) is 25.3 Å². The van der Waals surface area contributed by atoms with Gasteiger partial charge in [-0.25, -0.2) is 9.97 Å². The summed E-state index contributed by atoms with van der Waals surface area (Å²) in [4.78, 5) is 13.3. The Morgan fingerprint density at radius 1 is 1.32 bits per heavy atom. The highest BCUT2D eigenvalue weighted by molar-refractivity contribution is 9.10. The zero-order valence-electron chi connectivity index (χ0n) is 11.2. The predicted molar refractivity (Wildman–Crippen MR) is 80.1 cm³/mol. The maximum atomic E-state index is 5.85. The van der Waals surface area contributed by atoms with Gasteiger partial charge < -0.3 is 15.5 Å². The van der Waals surface area contributed by atoms with Crippen molar-refractivity contribution in [1.29, 1.82) is 0 Å². The second-order valence-corrected chi connectivity index (χ2v) is 6.37. The van der Waals surface area contributed by atoms with Crippen molar-refractivity contribution in [3.63, 3.8) is 0 Å². The summed E-state index contributed by atoms with van der Waals surface area (Å²) < 4.78 is 0.831. The second-order valence-electron chi connectivity index (χ2n) is 5.58. The average molecular weight is 326 g/mol. The van der Waals surface area contributed by atoms with E-state index in [0.717, 1.165) is 35.3 Å². The Bertz CT molecular complexity index is 466. The van der Waals surface area contributed by atoms with E-state index in [9.17, 15) is 0 Å². The topological polar surface area (TPSA) is 58.3 Å². The van der Waals surface area contributed by atoms with Gasteiger partial charge in [0.25, 0.3) is 0 Å². The molecule has 1 aromatic heterocycles. The molecule has 6 heteroatoms. The number of piperidine rings is 2. The maximum absolute atomic E-state index is 5.85. The molecule has 2 aliphatic heterocycles. The molecular formula is C13H20BrN5. The molecule has 19 heavy (non-hydrogen) atoms. The minimum atomic E-state index is 0.521. The fourth-order valence-electron chi connectivity index (χ4n) is 3.44. The van der Waals surface area contributed by atoms with E-state index in [1.807, 2.05) is 0 Å². The normalized spacial score (nSPS) is 28.2. The van der Waals surface area contributed by atoms with Crippen LogP contribution in [0.2, 0.25) is 0 Å². The van der Waals surface area contributed by atoms with E-state index < -0.39 is 0 Å². The predicted octanol–water partition coefficient (Wildman–Crippen LogP) is 1.74. The zero-order valence-corrected chi connectivity index (χ0v) is 12.8. The highest BCUT2D eigenvalue weighted by Gasteiger charge is 2.35. The molecule has 2 aliphatic rings. The third kappa shape index (κ3) is 2.43. The Morgan fingerprint density at radius 3 is 3.00 bits per heavy atom. The van der Waals surface area contributed by atoms with Crippen LogP contribution in [0.4, 0.5) is 11.6 Å². The number of fused-ring (bicyclic) bond motifs is 1. The number of nitrogens with zero attached hydrogens (tertiary/aromatic N) is 4. The Kier molecular flexibility index (Phi) is 3.62.